The third kappa shape index (κ3) is 4.01. The molecule has 15 heavy (non-hydrogen) atoms. The molecule has 1 heterocycles. The maximum absolute atomic E-state index is 11.5. The van der Waals surface area contributed by atoms with Gasteiger partial charge in [0.25, 0.3) is 0 Å². The van der Waals surface area contributed by atoms with Crippen LogP contribution < -0.4 is 5.32 Å². The van der Waals surface area contributed by atoms with Crippen molar-refractivity contribution in [2.75, 3.05) is 6.61 Å². The minimum atomic E-state index is -0.365. The molecule has 0 aliphatic carbocycles. The van der Waals surface area contributed by atoms with E-state index in [1.807, 2.05) is 13.0 Å². The zero-order valence-corrected chi connectivity index (χ0v) is 10.2. The molecule has 3 nitrogen and oxygen atoms in total. The van der Waals surface area contributed by atoms with E-state index in [1.165, 1.54) is 9.75 Å². The number of carbonyl (C=O) groups is 1. The van der Waals surface area contributed by atoms with E-state index in [4.69, 9.17) is 4.74 Å². The second-order valence-corrected chi connectivity index (χ2v) is 4.70. The number of aryl methyl sites for hydroxylation is 1. The lowest BCUT2D eigenvalue weighted by Gasteiger charge is -2.11. The zero-order chi connectivity index (χ0) is 11.3. The van der Waals surface area contributed by atoms with Crippen molar-refractivity contribution in [3.05, 3.63) is 21.9 Å². The van der Waals surface area contributed by atoms with Crippen LogP contribution in [0, 0.1) is 6.92 Å². The Morgan fingerprint density at radius 2 is 2.33 bits per heavy atom. The third-order valence-corrected chi connectivity index (χ3v) is 3.02. The lowest BCUT2D eigenvalue weighted by atomic mass is 10.3. The molecule has 0 fully saturated rings. The first-order valence-corrected chi connectivity index (χ1v) is 5.89. The van der Waals surface area contributed by atoms with Crippen LogP contribution in [0.4, 0.5) is 0 Å². The van der Waals surface area contributed by atoms with Gasteiger partial charge in [0.05, 0.1) is 6.54 Å². The highest BCUT2D eigenvalue weighted by Crippen LogP contribution is 2.14. The van der Waals surface area contributed by atoms with Crippen LogP contribution >= 0.6 is 11.3 Å². The van der Waals surface area contributed by atoms with Gasteiger partial charge >= 0.3 is 0 Å². The van der Waals surface area contributed by atoms with Crippen molar-refractivity contribution in [3.63, 3.8) is 0 Å². The van der Waals surface area contributed by atoms with Crippen LogP contribution in [0.25, 0.3) is 0 Å². The van der Waals surface area contributed by atoms with Crippen LogP contribution in [-0.2, 0) is 16.1 Å². The first-order chi connectivity index (χ1) is 7.13. The molecule has 0 aromatic carbocycles. The minimum absolute atomic E-state index is 0.0529. The number of amides is 1. The van der Waals surface area contributed by atoms with Crippen LogP contribution in [0.15, 0.2) is 12.1 Å². The van der Waals surface area contributed by atoms with Gasteiger partial charge in [-0.15, -0.1) is 11.3 Å². The molecule has 1 amide bonds. The molecule has 1 N–H and O–H groups in total. The van der Waals surface area contributed by atoms with Gasteiger partial charge in [-0.3, -0.25) is 4.79 Å². The number of ether oxygens (including phenoxy) is 1. The van der Waals surface area contributed by atoms with Crippen LogP contribution in [-0.4, -0.2) is 18.6 Å². The number of hydrogen-bond donors (Lipinski definition) is 1. The Hall–Kier alpha value is -0.870. The van der Waals surface area contributed by atoms with Gasteiger partial charge in [-0.05, 0) is 32.9 Å². The number of thiophene rings is 1. The summed E-state index contributed by atoms with van der Waals surface area (Å²) in [5.74, 6) is -0.0529. The molecular weight excluding hydrogens is 210 g/mol. The molecule has 0 unspecified atom stereocenters. The van der Waals surface area contributed by atoms with Gasteiger partial charge in [0.15, 0.2) is 0 Å². The summed E-state index contributed by atoms with van der Waals surface area (Å²) in [4.78, 5) is 13.9. The normalized spacial score (nSPS) is 12.5. The number of carbonyl (C=O) groups excluding carboxylic acids is 1. The molecule has 0 aliphatic heterocycles. The standard InChI is InChI=1S/C11H17NO2S/c1-4-14-9(3)11(13)12-7-10-6-5-8(2)15-10/h5-6,9H,4,7H2,1-3H3,(H,12,13)/t9-/m0/s1. The van der Waals surface area contributed by atoms with Gasteiger partial charge in [-0.25, -0.2) is 0 Å². The van der Waals surface area contributed by atoms with Gasteiger partial charge < -0.3 is 10.1 Å². The fourth-order valence-electron chi connectivity index (χ4n) is 1.22. The van der Waals surface area contributed by atoms with Gasteiger partial charge in [0, 0.05) is 16.4 Å². The summed E-state index contributed by atoms with van der Waals surface area (Å²) in [6, 6.07) is 4.09. The molecule has 0 saturated heterocycles. The highest BCUT2D eigenvalue weighted by Gasteiger charge is 2.11. The SMILES string of the molecule is CCO[C@@H](C)C(=O)NCc1ccc(C)s1. The largest absolute Gasteiger partial charge is 0.369 e. The van der Waals surface area contributed by atoms with Gasteiger partial charge in [-0.1, -0.05) is 0 Å². The van der Waals surface area contributed by atoms with Crippen LogP contribution in [0.3, 0.4) is 0 Å². The van der Waals surface area contributed by atoms with E-state index in [2.05, 4.69) is 18.3 Å². The van der Waals surface area contributed by atoms with E-state index in [1.54, 1.807) is 18.3 Å². The van der Waals surface area contributed by atoms with Crippen molar-refractivity contribution in [2.24, 2.45) is 0 Å². The third-order valence-electron chi connectivity index (χ3n) is 2.02. The summed E-state index contributed by atoms with van der Waals surface area (Å²) in [6.45, 7) is 6.85. The first kappa shape index (κ1) is 12.2. The fraction of sp³-hybridized carbons (Fsp3) is 0.545. The van der Waals surface area contributed by atoms with E-state index >= 15 is 0 Å². The van der Waals surface area contributed by atoms with Crippen molar-refractivity contribution in [1.29, 1.82) is 0 Å². The van der Waals surface area contributed by atoms with Crippen molar-refractivity contribution < 1.29 is 9.53 Å². The summed E-state index contributed by atoms with van der Waals surface area (Å²) in [6.07, 6.45) is -0.365. The molecule has 1 aromatic heterocycles. The van der Waals surface area contributed by atoms with Crippen molar-refractivity contribution >= 4 is 17.2 Å². The van der Waals surface area contributed by atoms with E-state index in [0.717, 1.165) is 0 Å². The van der Waals surface area contributed by atoms with Gasteiger partial charge in [0.2, 0.25) is 5.91 Å². The van der Waals surface area contributed by atoms with Crippen molar-refractivity contribution in [2.45, 2.75) is 33.4 Å². The second-order valence-electron chi connectivity index (χ2n) is 3.33. The van der Waals surface area contributed by atoms with Crippen molar-refractivity contribution in [3.8, 4) is 0 Å². The molecule has 1 rings (SSSR count). The average molecular weight is 227 g/mol. The predicted molar refractivity (Wildman–Crippen MR) is 62.0 cm³/mol. The van der Waals surface area contributed by atoms with Gasteiger partial charge in [-0.2, -0.15) is 0 Å². The molecule has 0 spiro atoms. The first-order valence-electron chi connectivity index (χ1n) is 5.08. The fourth-order valence-corrected chi connectivity index (χ4v) is 2.05. The molecule has 0 saturated carbocycles. The molecule has 0 aliphatic rings. The smallest absolute Gasteiger partial charge is 0.249 e. The Bertz CT molecular complexity index is 322. The minimum Gasteiger partial charge on any atom is -0.369 e. The molecule has 1 aromatic rings. The molecule has 84 valence electrons. The Morgan fingerprint density at radius 3 is 2.87 bits per heavy atom. The van der Waals surface area contributed by atoms with E-state index < -0.39 is 0 Å². The lowest BCUT2D eigenvalue weighted by molar-refractivity contribution is -0.131. The quantitative estimate of drug-likeness (QED) is 0.836. The predicted octanol–water partition coefficient (Wildman–Crippen LogP) is 2.10. The lowest BCUT2D eigenvalue weighted by Crippen LogP contribution is -2.33. The number of hydrogen-bond acceptors (Lipinski definition) is 3. The van der Waals surface area contributed by atoms with E-state index in [-0.39, 0.29) is 12.0 Å². The topological polar surface area (TPSA) is 38.3 Å². The molecule has 0 radical (unpaired) electrons. The second kappa shape index (κ2) is 5.88. The summed E-state index contributed by atoms with van der Waals surface area (Å²) in [5.41, 5.74) is 0. The van der Waals surface area contributed by atoms with Crippen molar-refractivity contribution in [1.82, 2.24) is 5.32 Å². The molecule has 0 bridgehead atoms. The maximum Gasteiger partial charge on any atom is 0.249 e. The molecule has 4 heteroatoms. The van der Waals surface area contributed by atoms with Crippen LogP contribution in [0.1, 0.15) is 23.6 Å². The summed E-state index contributed by atoms with van der Waals surface area (Å²) < 4.78 is 5.19. The van der Waals surface area contributed by atoms with E-state index in [9.17, 15) is 4.79 Å². The Balaban J connectivity index is 2.34. The average Bonchev–Trinajstić information content (AvgIpc) is 2.61. The molecular formula is C11H17NO2S. The van der Waals surface area contributed by atoms with Gasteiger partial charge in [0.1, 0.15) is 6.10 Å². The molecule has 1 atom stereocenters. The number of nitrogens with one attached hydrogen (secondary N) is 1. The summed E-state index contributed by atoms with van der Waals surface area (Å²) in [5, 5.41) is 2.84. The Kier molecular flexibility index (Phi) is 4.78. The highest BCUT2D eigenvalue weighted by molar-refractivity contribution is 7.11. The van der Waals surface area contributed by atoms with E-state index in [0.29, 0.717) is 13.2 Å². The Labute approximate surface area is 94.5 Å². The monoisotopic (exact) mass is 227 g/mol. The van der Waals surface area contributed by atoms with Crippen LogP contribution in [0.2, 0.25) is 0 Å². The Morgan fingerprint density at radius 1 is 1.60 bits per heavy atom. The zero-order valence-electron chi connectivity index (χ0n) is 9.37. The summed E-state index contributed by atoms with van der Waals surface area (Å²) >= 11 is 1.70. The summed E-state index contributed by atoms with van der Waals surface area (Å²) in [7, 11) is 0. The number of rotatable bonds is 5. The highest BCUT2D eigenvalue weighted by atomic mass is 32.1. The van der Waals surface area contributed by atoms with Crippen LogP contribution in [0.5, 0.6) is 0 Å². The maximum atomic E-state index is 11.5.